The lowest BCUT2D eigenvalue weighted by molar-refractivity contribution is 0.0671. The van der Waals surface area contributed by atoms with Crippen LogP contribution in [0.2, 0.25) is 0 Å². The zero-order chi connectivity index (χ0) is 12.4. The van der Waals surface area contributed by atoms with E-state index in [0.717, 1.165) is 12.0 Å². The first-order chi connectivity index (χ1) is 8.83. The molecular formula is C17H23N. The molecule has 0 aromatic heterocycles. The molecule has 0 radical (unpaired) electrons. The molecule has 1 aliphatic carbocycles. The molecule has 0 spiro atoms. The Bertz CT molecular complexity index is 414. The van der Waals surface area contributed by atoms with Crippen molar-refractivity contribution in [3.8, 4) is 0 Å². The number of likely N-dealkylation sites (tertiary alicyclic amines) is 1. The van der Waals surface area contributed by atoms with Gasteiger partial charge in [0.1, 0.15) is 0 Å². The van der Waals surface area contributed by atoms with Crippen molar-refractivity contribution in [1.29, 1.82) is 0 Å². The zero-order valence-electron chi connectivity index (χ0n) is 11.3. The van der Waals surface area contributed by atoms with Crippen molar-refractivity contribution in [2.24, 2.45) is 5.92 Å². The molecule has 1 heterocycles. The molecule has 1 aromatic rings. The fourth-order valence-corrected chi connectivity index (χ4v) is 3.37. The van der Waals surface area contributed by atoms with Gasteiger partial charge in [-0.2, -0.15) is 0 Å². The highest BCUT2D eigenvalue weighted by atomic mass is 15.2. The van der Waals surface area contributed by atoms with Crippen molar-refractivity contribution in [3.63, 3.8) is 0 Å². The van der Waals surface area contributed by atoms with Crippen molar-refractivity contribution >= 4 is 6.08 Å². The molecule has 1 saturated heterocycles. The first-order valence-electron chi connectivity index (χ1n) is 7.32. The van der Waals surface area contributed by atoms with Gasteiger partial charge in [-0.3, -0.25) is 4.90 Å². The van der Waals surface area contributed by atoms with Gasteiger partial charge in [0.2, 0.25) is 0 Å². The average Bonchev–Trinajstić information content (AvgIpc) is 2.37. The molecule has 96 valence electrons. The third kappa shape index (κ3) is 2.51. The molecule has 0 N–H and O–H groups in total. The Kier molecular flexibility index (Phi) is 3.51. The third-order valence-electron chi connectivity index (χ3n) is 4.31. The molecule has 1 nitrogen and oxygen atoms in total. The molecule has 1 heteroatoms. The number of nitrogens with zero attached hydrogens (tertiary/aromatic N) is 1. The number of benzene rings is 1. The lowest BCUT2D eigenvalue weighted by Gasteiger charge is -2.45. The van der Waals surface area contributed by atoms with Crippen molar-refractivity contribution in [2.45, 2.75) is 38.6 Å². The predicted octanol–water partition coefficient (Wildman–Crippen LogP) is 3.96. The van der Waals surface area contributed by atoms with Crippen LogP contribution in [0.15, 0.2) is 35.9 Å². The van der Waals surface area contributed by atoms with Gasteiger partial charge in [-0.05, 0) is 30.7 Å². The van der Waals surface area contributed by atoms with E-state index in [9.17, 15) is 0 Å². The summed E-state index contributed by atoms with van der Waals surface area (Å²) in [5, 5.41) is 0. The van der Waals surface area contributed by atoms with E-state index in [4.69, 9.17) is 0 Å². The van der Waals surface area contributed by atoms with Gasteiger partial charge in [-0.25, -0.2) is 0 Å². The van der Waals surface area contributed by atoms with Gasteiger partial charge in [0.15, 0.2) is 0 Å². The molecule has 2 fully saturated rings. The minimum atomic E-state index is 0.732. The molecule has 1 atom stereocenters. The smallest absolute Gasteiger partial charge is 0.0311 e. The Morgan fingerprint density at radius 3 is 2.61 bits per heavy atom. The molecule has 1 aliphatic heterocycles. The van der Waals surface area contributed by atoms with E-state index in [0.29, 0.717) is 0 Å². The molecule has 1 saturated carbocycles. The minimum Gasteiger partial charge on any atom is -0.296 e. The maximum absolute atomic E-state index is 2.68. The van der Waals surface area contributed by atoms with Gasteiger partial charge in [0.25, 0.3) is 0 Å². The van der Waals surface area contributed by atoms with Crippen LogP contribution in [0.5, 0.6) is 0 Å². The molecule has 0 bridgehead atoms. The van der Waals surface area contributed by atoms with Crippen LogP contribution in [0, 0.1) is 5.92 Å². The Morgan fingerprint density at radius 2 is 1.89 bits per heavy atom. The molecule has 3 rings (SSSR count). The van der Waals surface area contributed by atoms with E-state index < -0.39 is 0 Å². The highest BCUT2D eigenvalue weighted by molar-refractivity contribution is 5.54. The number of rotatable bonds is 2. The molecule has 1 unspecified atom stereocenters. The van der Waals surface area contributed by atoms with Gasteiger partial charge < -0.3 is 0 Å². The van der Waals surface area contributed by atoms with Crippen LogP contribution in [0.25, 0.3) is 6.08 Å². The van der Waals surface area contributed by atoms with Gasteiger partial charge in [-0.15, -0.1) is 0 Å². The summed E-state index contributed by atoms with van der Waals surface area (Å²) in [6.45, 7) is 4.97. The summed E-state index contributed by atoms with van der Waals surface area (Å²) in [5.74, 6) is 0.907. The highest BCUT2D eigenvalue weighted by Gasteiger charge is 2.32. The number of hydrogen-bond donors (Lipinski definition) is 0. The summed E-state index contributed by atoms with van der Waals surface area (Å²) >= 11 is 0. The van der Waals surface area contributed by atoms with Crippen LogP contribution >= 0.6 is 0 Å². The van der Waals surface area contributed by atoms with E-state index in [-0.39, 0.29) is 0 Å². The van der Waals surface area contributed by atoms with E-state index >= 15 is 0 Å². The van der Waals surface area contributed by atoms with Crippen LogP contribution in [0.4, 0.5) is 0 Å². The fourth-order valence-electron chi connectivity index (χ4n) is 3.37. The monoisotopic (exact) mass is 241 g/mol. The van der Waals surface area contributed by atoms with Gasteiger partial charge in [0, 0.05) is 19.1 Å². The summed E-state index contributed by atoms with van der Waals surface area (Å²) < 4.78 is 0. The van der Waals surface area contributed by atoms with Crippen molar-refractivity contribution in [2.75, 3.05) is 13.1 Å². The fraction of sp³-hybridized carbons (Fsp3) is 0.529. The molecule has 0 amide bonds. The first-order valence-corrected chi connectivity index (χ1v) is 7.32. The summed E-state index contributed by atoms with van der Waals surface area (Å²) in [6.07, 6.45) is 7.88. The topological polar surface area (TPSA) is 3.24 Å². The zero-order valence-corrected chi connectivity index (χ0v) is 11.3. The van der Waals surface area contributed by atoms with E-state index in [2.05, 4.69) is 48.2 Å². The standard InChI is InChI=1S/C17H23N/c1-14-12-18(13-14)17-10-6-5-9-16(17)11-15-7-3-2-4-8-15/h2-4,7-8,11,14,17H,5-6,9-10,12-13H2,1H3/b16-11-. The van der Waals surface area contributed by atoms with Crippen molar-refractivity contribution < 1.29 is 0 Å². The quantitative estimate of drug-likeness (QED) is 0.757. The normalized spacial score (nSPS) is 28.3. The van der Waals surface area contributed by atoms with Gasteiger partial charge in [0.05, 0.1) is 0 Å². The van der Waals surface area contributed by atoms with Crippen LogP contribution in [-0.4, -0.2) is 24.0 Å². The van der Waals surface area contributed by atoms with Crippen LogP contribution < -0.4 is 0 Å². The summed E-state index contributed by atoms with van der Waals surface area (Å²) in [6, 6.07) is 11.5. The van der Waals surface area contributed by atoms with Crippen LogP contribution in [-0.2, 0) is 0 Å². The van der Waals surface area contributed by atoms with Crippen molar-refractivity contribution in [1.82, 2.24) is 4.90 Å². The Hall–Kier alpha value is -1.08. The molecule has 1 aromatic carbocycles. The SMILES string of the molecule is CC1CN(C2CCCC/C2=C/c2ccccc2)C1. The summed E-state index contributed by atoms with van der Waals surface area (Å²) in [4.78, 5) is 2.68. The maximum atomic E-state index is 2.68. The van der Waals surface area contributed by atoms with Gasteiger partial charge >= 0.3 is 0 Å². The molecule has 2 aliphatic rings. The summed E-state index contributed by atoms with van der Waals surface area (Å²) in [7, 11) is 0. The van der Waals surface area contributed by atoms with Crippen LogP contribution in [0.1, 0.15) is 38.2 Å². The Balaban J connectivity index is 1.77. The van der Waals surface area contributed by atoms with E-state index in [1.807, 2.05) is 0 Å². The maximum Gasteiger partial charge on any atom is 0.0311 e. The van der Waals surface area contributed by atoms with E-state index in [1.54, 1.807) is 5.57 Å². The Morgan fingerprint density at radius 1 is 1.11 bits per heavy atom. The second-order valence-corrected chi connectivity index (χ2v) is 5.95. The third-order valence-corrected chi connectivity index (χ3v) is 4.31. The number of hydrogen-bond acceptors (Lipinski definition) is 1. The van der Waals surface area contributed by atoms with E-state index in [1.165, 1.54) is 44.3 Å². The molecule has 18 heavy (non-hydrogen) atoms. The van der Waals surface area contributed by atoms with Crippen LogP contribution in [0.3, 0.4) is 0 Å². The predicted molar refractivity (Wildman–Crippen MR) is 77.4 cm³/mol. The first kappa shape index (κ1) is 12.0. The lowest BCUT2D eigenvalue weighted by Crippen LogP contribution is -2.52. The van der Waals surface area contributed by atoms with Gasteiger partial charge in [-0.1, -0.05) is 55.3 Å². The minimum absolute atomic E-state index is 0.732. The second kappa shape index (κ2) is 5.27. The Labute approximate surface area is 111 Å². The highest BCUT2D eigenvalue weighted by Crippen LogP contribution is 2.33. The average molecular weight is 241 g/mol. The summed E-state index contributed by atoms with van der Waals surface area (Å²) in [5.41, 5.74) is 3.03. The largest absolute Gasteiger partial charge is 0.296 e. The molecular weight excluding hydrogens is 218 g/mol. The van der Waals surface area contributed by atoms with Crippen molar-refractivity contribution in [3.05, 3.63) is 41.5 Å². The second-order valence-electron chi connectivity index (χ2n) is 5.95. The lowest BCUT2D eigenvalue weighted by atomic mass is 9.84.